The first-order chi connectivity index (χ1) is 13.8. The maximum Gasteiger partial charge on any atom is 0.227 e. The van der Waals surface area contributed by atoms with Gasteiger partial charge in [-0.2, -0.15) is 4.98 Å². The Bertz CT molecular complexity index is 896. The van der Waals surface area contributed by atoms with Gasteiger partial charge in [0.1, 0.15) is 11.6 Å². The van der Waals surface area contributed by atoms with Crippen molar-refractivity contribution in [1.29, 1.82) is 0 Å². The van der Waals surface area contributed by atoms with Crippen molar-refractivity contribution in [3.63, 3.8) is 0 Å². The summed E-state index contributed by atoms with van der Waals surface area (Å²) in [7, 11) is 1.72. The molecule has 2 aromatic heterocycles. The molecule has 0 atom stereocenters. The third-order valence-electron chi connectivity index (χ3n) is 4.83. The zero-order valence-corrected chi connectivity index (χ0v) is 16.0. The Morgan fingerprint density at radius 2 is 1.79 bits per heavy atom. The lowest BCUT2D eigenvalue weighted by atomic mass is 10.2. The summed E-state index contributed by atoms with van der Waals surface area (Å²) in [5.41, 5.74) is 2.26. The first kappa shape index (κ1) is 18.0. The van der Waals surface area contributed by atoms with Crippen LogP contribution in [0.15, 0.2) is 61.1 Å². The van der Waals surface area contributed by atoms with Gasteiger partial charge < -0.3 is 19.9 Å². The van der Waals surface area contributed by atoms with E-state index in [-0.39, 0.29) is 0 Å². The van der Waals surface area contributed by atoms with Crippen LogP contribution in [0.3, 0.4) is 0 Å². The Morgan fingerprint density at radius 3 is 2.57 bits per heavy atom. The highest BCUT2D eigenvalue weighted by Gasteiger charge is 2.21. The van der Waals surface area contributed by atoms with Gasteiger partial charge in [-0.3, -0.25) is 4.98 Å². The summed E-state index contributed by atoms with van der Waals surface area (Å²) >= 11 is 0. The van der Waals surface area contributed by atoms with Crippen LogP contribution in [0.25, 0.3) is 0 Å². The molecule has 1 aliphatic rings. The average molecular weight is 376 g/mol. The Hall–Kier alpha value is -3.35. The van der Waals surface area contributed by atoms with E-state index in [2.05, 4.69) is 36.1 Å². The number of aromatic nitrogens is 3. The zero-order chi connectivity index (χ0) is 19.2. The van der Waals surface area contributed by atoms with E-state index < -0.39 is 0 Å². The zero-order valence-electron chi connectivity index (χ0n) is 16.0. The van der Waals surface area contributed by atoms with Crippen LogP contribution >= 0.6 is 0 Å². The van der Waals surface area contributed by atoms with Gasteiger partial charge in [0.25, 0.3) is 0 Å². The van der Waals surface area contributed by atoms with Gasteiger partial charge in [0.2, 0.25) is 5.95 Å². The van der Waals surface area contributed by atoms with Gasteiger partial charge in [0.05, 0.1) is 12.8 Å². The van der Waals surface area contributed by atoms with Gasteiger partial charge in [-0.05, 0) is 29.8 Å². The van der Waals surface area contributed by atoms with Crippen LogP contribution in [0, 0.1) is 0 Å². The third-order valence-corrected chi connectivity index (χ3v) is 4.83. The molecule has 7 heteroatoms. The van der Waals surface area contributed by atoms with Gasteiger partial charge in [0.15, 0.2) is 0 Å². The van der Waals surface area contributed by atoms with Crippen molar-refractivity contribution < 1.29 is 4.74 Å². The van der Waals surface area contributed by atoms with Crippen LogP contribution in [0.1, 0.15) is 5.56 Å². The molecular weight excluding hydrogens is 352 g/mol. The molecule has 4 rings (SSSR count). The highest BCUT2D eigenvalue weighted by molar-refractivity contribution is 5.59. The van der Waals surface area contributed by atoms with E-state index in [9.17, 15) is 0 Å². The van der Waals surface area contributed by atoms with Crippen LogP contribution in [0.2, 0.25) is 0 Å². The van der Waals surface area contributed by atoms with Gasteiger partial charge in [0, 0.05) is 51.3 Å². The number of hydrogen-bond acceptors (Lipinski definition) is 7. The van der Waals surface area contributed by atoms with E-state index in [0.717, 1.165) is 54.9 Å². The number of piperazine rings is 1. The van der Waals surface area contributed by atoms with Crippen molar-refractivity contribution in [3.8, 4) is 5.75 Å². The van der Waals surface area contributed by atoms with Crippen LogP contribution < -0.4 is 19.9 Å². The predicted molar refractivity (Wildman–Crippen MR) is 111 cm³/mol. The number of methoxy groups -OCH3 is 1. The second kappa shape index (κ2) is 8.56. The number of rotatable bonds is 6. The van der Waals surface area contributed by atoms with Crippen LogP contribution in [0.4, 0.5) is 17.5 Å². The summed E-state index contributed by atoms with van der Waals surface area (Å²) in [5, 5.41) is 3.35. The highest BCUT2D eigenvalue weighted by Crippen LogP contribution is 2.28. The van der Waals surface area contributed by atoms with Crippen LogP contribution in [-0.4, -0.2) is 48.2 Å². The minimum absolute atomic E-state index is 0.686. The monoisotopic (exact) mass is 376 g/mol. The fourth-order valence-corrected chi connectivity index (χ4v) is 3.33. The fraction of sp³-hybridized carbons (Fsp3) is 0.286. The van der Waals surface area contributed by atoms with Crippen molar-refractivity contribution in [2.75, 3.05) is 48.4 Å². The third kappa shape index (κ3) is 4.14. The number of para-hydroxylation sites is 2. The quantitative estimate of drug-likeness (QED) is 0.709. The summed E-state index contributed by atoms with van der Waals surface area (Å²) in [6.45, 7) is 4.22. The largest absolute Gasteiger partial charge is 0.495 e. The summed E-state index contributed by atoms with van der Waals surface area (Å²) in [4.78, 5) is 17.9. The molecule has 0 saturated carbocycles. The standard InChI is InChI=1S/C21H24N6O/c1-28-19-7-3-2-6-18(19)26-11-13-27(14-12-26)21-23-10-8-20(25-21)24-16-17-5-4-9-22-15-17/h2-10,15H,11-14,16H2,1H3,(H,23,24,25). The topological polar surface area (TPSA) is 66.4 Å². The molecule has 3 heterocycles. The van der Waals surface area contributed by atoms with E-state index in [0.29, 0.717) is 6.54 Å². The number of nitrogens with zero attached hydrogens (tertiary/aromatic N) is 5. The normalized spacial score (nSPS) is 14.0. The van der Waals surface area contributed by atoms with Crippen molar-refractivity contribution in [2.45, 2.75) is 6.54 Å². The molecule has 1 N–H and O–H groups in total. The van der Waals surface area contributed by atoms with Crippen molar-refractivity contribution in [2.24, 2.45) is 0 Å². The Kier molecular flexibility index (Phi) is 5.51. The second-order valence-corrected chi connectivity index (χ2v) is 6.60. The Balaban J connectivity index is 1.38. The molecule has 0 amide bonds. The average Bonchev–Trinajstić information content (AvgIpc) is 2.79. The maximum absolute atomic E-state index is 5.50. The molecule has 28 heavy (non-hydrogen) atoms. The second-order valence-electron chi connectivity index (χ2n) is 6.60. The minimum Gasteiger partial charge on any atom is -0.495 e. The van der Waals surface area contributed by atoms with E-state index >= 15 is 0 Å². The first-order valence-electron chi connectivity index (χ1n) is 9.42. The SMILES string of the molecule is COc1ccccc1N1CCN(c2nccc(NCc3cccnc3)n2)CC1. The lowest BCUT2D eigenvalue weighted by molar-refractivity contribution is 0.413. The predicted octanol–water partition coefficient (Wildman–Crippen LogP) is 2.82. The molecular formula is C21H24N6O. The summed E-state index contributed by atoms with van der Waals surface area (Å²) in [6.07, 6.45) is 5.43. The number of pyridine rings is 1. The van der Waals surface area contributed by atoms with Gasteiger partial charge in [-0.15, -0.1) is 0 Å². The first-order valence-corrected chi connectivity index (χ1v) is 9.42. The van der Waals surface area contributed by atoms with Crippen molar-refractivity contribution in [3.05, 3.63) is 66.6 Å². The lowest BCUT2D eigenvalue weighted by Gasteiger charge is -2.36. The number of nitrogens with one attached hydrogen (secondary N) is 1. The molecule has 144 valence electrons. The molecule has 1 aromatic carbocycles. The van der Waals surface area contributed by atoms with Crippen molar-refractivity contribution in [1.82, 2.24) is 15.0 Å². The summed E-state index contributed by atoms with van der Waals surface area (Å²) in [6, 6.07) is 14.0. The number of ether oxygens (including phenoxy) is 1. The molecule has 0 radical (unpaired) electrons. The molecule has 0 spiro atoms. The van der Waals surface area contributed by atoms with Gasteiger partial charge in [-0.1, -0.05) is 18.2 Å². The molecule has 1 saturated heterocycles. The molecule has 1 aliphatic heterocycles. The Labute approximate surface area is 165 Å². The van der Waals surface area contributed by atoms with E-state index in [1.165, 1.54) is 0 Å². The molecule has 0 aliphatic carbocycles. The van der Waals surface area contributed by atoms with E-state index in [4.69, 9.17) is 4.74 Å². The van der Waals surface area contributed by atoms with Crippen LogP contribution in [0.5, 0.6) is 5.75 Å². The minimum atomic E-state index is 0.686. The summed E-state index contributed by atoms with van der Waals surface area (Å²) in [5.74, 6) is 2.49. The molecule has 7 nitrogen and oxygen atoms in total. The highest BCUT2D eigenvalue weighted by atomic mass is 16.5. The number of anilines is 3. The lowest BCUT2D eigenvalue weighted by Crippen LogP contribution is -2.47. The smallest absolute Gasteiger partial charge is 0.227 e. The fourth-order valence-electron chi connectivity index (χ4n) is 3.33. The molecule has 0 bridgehead atoms. The molecule has 1 fully saturated rings. The van der Waals surface area contributed by atoms with E-state index in [1.54, 1.807) is 19.5 Å². The van der Waals surface area contributed by atoms with Crippen LogP contribution in [-0.2, 0) is 6.54 Å². The summed E-state index contributed by atoms with van der Waals surface area (Å²) < 4.78 is 5.50. The maximum atomic E-state index is 5.50. The van der Waals surface area contributed by atoms with Gasteiger partial charge >= 0.3 is 0 Å². The van der Waals surface area contributed by atoms with Gasteiger partial charge in [-0.25, -0.2) is 4.98 Å². The number of benzene rings is 1. The van der Waals surface area contributed by atoms with Crippen molar-refractivity contribution >= 4 is 17.5 Å². The molecule has 3 aromatic rings. The Morgan fingerprint density at radius 1 is 0.964 bits per heavy atom. The number of hydrogen-bond donors (Lipinski definition) is 1. The van der Waals surface area contributed by atoms with E-state index in [1.807, 2.05) is 42.6 Å². The molecule has 0 unspecified atom stereocenters.